The lowest BCUT2D eigenvalue weighted by Gasteiger charge is -2.38. The Morgan fingerprint density at radius 3 is 1.89 bits per heavy atom. The number of rotatable bonds is 5. The van der Waals surface area contributed by atoms with Crippen LogP contribution in [0.5, 0.6) is 5.75 Å². The second kappa shape index (κ2) is 8.34. The molecule has 2 aromatic rings. The monoisotopic (exact) mass is 498 g/mol. The number of ether oxygens (including phenoxy) is 1. The zero-order chi connectivity index (χ0) is 25.0. The Balaban J connectivity index is 1.19. The van der Waals surface area contributed by atoms with Crippen molar-refractivity contribution in [3.05, 3.63) is 53.6 Å². The van der Waals surface area contributed by atoms with Crippen molar-refractivity contribution < 1.29 is 35.9 Å². The molecule has 0 saturated heterocycles. The summed E-state index contributed by atoms with van der Waals surface area (Å²) in [6, 6.07) is 6.42. The zero-order valence-electron chi connectivity index (χ0n) is 18.6. The summed E-state index contributed by atoms with van der Waals surface area (Å²) < 4.78 is 84.1. The molecule has 2 aromatic carbocycles. The highest BCUT2D eigenvalue weighted by atomic mass is 19.4. The van der Waals surface area contributed by atoms with E-state index in [1.54, 1.807) is 24.3 Å². The Bertz CT molecular complexity index is 1060. The van der Waals surface area contributed by atoms with E-state index < -0.39 is 35.2 Å². The van der Waals surface area contributed by atoms with E-state index in [0.717, 1.165) is 17.8 Å². The van der Waals surface area contributed by atoms with Gasteiger partial charge >= 0.3 is 18.4 Å². The highest BCUT2D eigenvalue weighted by molar-refractivity contribution is 5.99. The molecule has 2 amide bonds. The average molecular weight is 498 g/mol. The first kappa shape index (κ1) is 23.8. The maximum Gasteiger partial charge on any atom is 0.416 e. The maximum absolute atomic E-state index is 13.0. The van der Waals surface area contributed by atoms with Crippen molar-refractivity contribution in [1.29, 1.82) is 0 Å². The highest BCUT2D eigenvalue weighted by Crippen LogP contribution is 2.64. The van der Waals surface area contributed by atoms with Crippen LogP contribution in [0.4, 0.5) is 42.5 Å². The maximum atomic E-state index is 13.0. The van der Waals surface area contributed by atoms with Crippen molar-refractivity contribution in [2.75, 3.05) is 17.2 Å². The fourth-order valence-electron chi connectivity index (χ4n) is 6.35. The van der Waals surface area contributed by atoms with E-state index in [2.05, 4.69) is 5.32 Å². The molecule has 2 unspecified atom stereocenters. The standard InChI is InChI=1S/C25H24F6N2O2/c26-24(27,28)17-7-18(25(29,30)31)9-20(8-17)33-22(34)32-19-1-3-21(4-2-19)35-13-23-10-14-5-15(11-23)16(6-14)12-23/h1-4,7-9,14-16H,5-6,10-13H2,(H2,32,33,34). The summed E-state index contributed by atoms with van der Waals surface area (Å²) in [5, 5.41) is 4.45. The first-order valence-electron chi connectivity index (χ1n) is 11.5. The van der Waals surface area contributed by atoms with Gasteiger partial charge in [0.15, 0.2) is 0 Å². The Morgan fingerprint density at radius 2 is 1.37 bits per heavy atom. The molecule has 0 heterocycles. The Hall–Kier alpha value is -2.91. The van der Waals surface area contributed by atoms with E-state index in [1.807, 2.05) is 5.32 Å². The van der Waals surface area contributed by atoms with Gasteiger partial charge in [0.25, 0.3) is 0 Å². The van der Waals surface area contributed by atoms with Crippen LogP contribution < -0.4 is 15.4 Å². The number of alkyl halides is 6. The normalized spacial score (nSPS) is 27.2. The number of hydrogen-bond acceptors (Lipinski definition) is 2. The Kier molecular flexibility index (Phi) is 5.68. The number of nitrogens with one attached hydrogen (secondary N) is 2. The molecule has 10 heteroatoms. The summed E-state index contributed by atoms with van der Waals surface area (Å²) in [7, 11) is 0. The summed E-state index contributed by atoms with van der Waals surface area (Å²) in [5.74, 6) is 3.14. The van der Waals surface area contributed by atoms with Crippen LogP contribution in [0, 0.1) is 23.2 Å². The number of carbonyl (C=O) groups excluding carboxylic acids is 1. The van der Waals surface area contributed by atoms with Crippen LogP contribution in [-0.2, 0) is 12.4 Å². The predicted octanol–water partition coefficient (Wildman–Crippen LogP) is 7.57. The van der Waals surface area contributed by atoms with E-state index in [4.69, 9.17) is 4.74 Å². The smallest absolute Gasteiger partial charge is 0.416 e. The second-order valence-corrected chi connectivity index (χ2v) is 10.2. The molecule has 4 bridgehead atoms. The van der Waals surface area contributed by atoms with Crippen molar-refractivity contribution in [3.63, 3.8) is 0 Å². The SMILES string of the molecule is O=C(Nc1ccc(OCC23CC4CC(C2)C(C4)C3)cc1)Nc1cc(C(F)(F)F)cc(C(F)(F)F)c1. The molecule has 188 valence electrons. The fourth-order valence-corrected chi connectivity index (χ4v) is 6.35. The molecule has 0 radical (unpaired) electrons. The molecule has 2 N–H and O–H groups in total. The van der Waals surface area contributed by atoms with Crippen LogP contribution in [0.3, 0.4) is 0 Å². The predicted molar refractivity (Wildman–Crippen MR) is 117 cm³/mol. The van der Waals surface area contributed by atoms with Gasteiger partial charge < -0.3 is 15.4 Å². The first-order chi connectivity index (χ1) is 16.4. The van der Waals surface area contributed by atoms with Crippen molar-refractivity contribution in [2.45, 2.75) is 44.5 Å². The molecule has 0 aliphatic heterocycles. The van der Waals surface area contributed by atoms with Crippen molar-refractivity contribution in [2.24, 2.45) is 23.2 Å². The lowest BCUT2D eigenvalue weighted by atomic mass is 9.70. The quantitative estimate of drug-likeness (QED) is 0.418. The van der Waals surface area contributed by atoms with Gasteiger partial charge in [0.05, 0.1) is 17.7 Å². The second-order valence-electron chi connectivity index (χ2n) is 10.2. The van der Waals surface area contributed by atoms with Crippen LogP contribution >= 0.6 is 0 Å². The Morgan fingerprint density at radius 1 is 0.829 bits per heavy atom. The van der Waals surface area contributed by atoms with Crippen molar-refractivity contribution in [3.8, 4) is 5.75 Å². The number of urea groups is 1. The summed E-state index contributed by atoms with van der Waals surface area (Å²) in [4.78, 5) is 12.2. The van der Waals surface area contributed by atoms with Crippen LogP contribution in [0.2, 0.25) is 0 Å². The van der Waals surface area contributed by atoms with Crippen molar-refractivity contribution >= 4 is 17.4 Å². The molecular formula is C25H24F6N2O2. The number of benzene rings is 2. The van der Waals surface area contributed by atoms with Gasteiger partial charge in [-0.25, -0.2) is 4.79 Å². The van der Waals surface area contributed by atoms with Crippen LogP contribution in [-0.4, -0.2) is 12.6 Å². The molecule has 0 spiro atoms. The topological polar surface area (TPSA) is 50.4 Å². The van der Waals surface area contributed by atoms with E-state index in [1.165, 1.54) is 32.1 Å². The molecule has 4 aliphatic carbocycles. The molecule has 4 saturated carbocycles. The summed E-state index contributed by atoms with van der Waals surface area (Å²) in [6.45, 7) is 0.654. The van der Waals surface area contributed by atoms with Gasteiger partial charge in [-0.05, 0) is 92.3 Å². The zero-order valence-corrected chi connectivity index (χ0v) is 18.6. The molecular weight excluding hydrogens is 474 g/mol. The molecule has 4 fully saturated rings. The lowest BCUT2D eigenvalue weighted by Crippen LogP contribution is -2.33. The number of halogens is 6. The van der Waals surface area contributed by atoms with E-state index in [-0.39, 0.29) is 11.5 Å². The van der Waals surface area contributed by atoms with Gasteiger partial charge in [-0.3, -0.25) is 0 Å². The molecule has 35 heavy (non-hydrogen) atoms. The third-order valence-electron chi connectivity index (χ3n) is 7.55. The number of hydrogen-bond donors (Lipinski definition) is 2. The molecule has 0 aromatic heterocycles. The third-order valence-corrected chi connectivity index (χ3v) is 7.55. The summed E-state index contributed by atoms with van der Waals surface area (Å²) in [5.41, 5.74) is -3.06. The van der Waals surface area contributed by atoms with E-state index in [9.17, 15) is 31.1 Å². The average Bonchev–Trinajstić information content (AvgIpc) is 3.18. The minimum absolute atomic E-state index is 0.00345. The molecule has 4 aliphatic rings. The van der Waals surface area contributed by atoms with Crippen molar-refractivity contribution in [1.82, 2.24) is 0 Å². The molecule has 6 rings (SSSR count). The largest absolute Gasteiger partial charge is 0.493 e. The van der Waals surface area contributed by atoms with E-state index in [0.29, 0.717) is 30.2 Å². The number of carbonyl (C=O) groups is 1. The van der Waals surface area contributed by atoms with Crippen LogP contribution in [0.25, 0.3) is 0 Å². The minimum atomic E-state index is -5.00. The van der Waals surface area contributed by atoms with Gasteiger partial charge in [0.1, 0.15) is 5.75 Å². The van der Waals surface area contributed by atoms with Gasteiger partial charge in [-0.2, -0.15) is 26.3 Å². The van der Waals surface area contributed by atoms with Gasteiger partial charge in [-0.1, -0.05) is 0 Å². The molecule has 4 nitrogen and oxygen atoms in total. The third kappa shape index (κ3) is 5.06. The molecule has 2 atom stereocenters. The van der Waals surface area contributed by atoms with Crippen LogP contribution in [0.15, 0.2) is 42.5 Å². The Labute approximate surface area is 198 Å². The number of anilines is 2. The lowest BCUT2D eigenvalue weighted by molar-refractivity contribution is -0.143. The summed E-state index contributed by atoms with van der Waals surface area (Å²) >= 11 is 0. The summed E-state index contributed by atoms with van der Waals surface area (Å²) in [6.07, 6.45) is -3.63. The van der Waals surface area contributed by atoms with Gasteiger partial charge in [-0.15, -0.1) is 0 Å². The minimum Gasteiger partial charge on any atom is -0.493 e. The number of amides is 2. The van der Waals surface area contributed by atoms with E-state index >= 15 is 0 Å². The highest BCUT2D eigenvalue weighted by Gasteiger charge is 2.56. The van der Waals surface area contributed by atoms with Crippen LogP contribution in [0.1, 0.15) is 43.2 Å². The fraction of sp³-hybridized carbons (Fsp3) is 0.480. The van der Waals surface area contributed by atoms with Gasteiger partial charge in [0, 0.05) is 16.8 Å². The van der Waals surface area contributed by atoms with Gasteiger partial charge in [0.2, 0.25) is 0 Å². The first-order valence-corrected chi connectivity index (χ1v) is 11.5.